The first-order chi connectivity index (χ1) is 14.7. The van der Waals surface area contributed by atoms with E-state index in [2.05, 4.69) is 25.9 Å². The lowest BCUT2D eigenvalue weighted by Gasteiger charge is -2.23. The minimum absolute atomic E-state index is 0.122. The number of halogens is 1. The number of nitrogens with zero attached hydrogens (tertiary/aromatic N) is 2. The van der Waals surface area contributed by atoms with Crippen LogP contribution < -0.4 is 10.5 Å². The Labute approximate surface area is 184 Å². The Kier molecular flexibility index (Phi) is 7.20. The van der Waals surface area contributed by atoms with Crippen LogP contribution in [0.15, 0.2) is 57.6 Å². The van der Waals surface area contributed by atoms with Crippen molar-refractivity contribution in [2.24, 2.45) is 16.6 Å². The SMILES string of the molecule is NC1=NC2=CC=C(Br)CC2C=C1OCCOc1cncc(COC2CCCCO2)c1. The topological polar surface area (TPSA) is 88.2 Å². The van der Waals surface area contributed by atoms with Crippen molar-refractivity contribution < 1.29 is 18.9 Å². The monoisotopic (exact) mass is 475 g/mol. The molecule has 2 atom stereocenters. The standard InChI is InChI=1S/C22H26BrN3O4/c23-17-4-5-19-16(10-17)11-20(22(24)26-19)28-8-7-27-18-9-15(12-25-13-18)14-30-21-3-1-2-6-29-21/h4-5,9,11-13,16,21H,1-3,6-8,10,14H2,(H2,24,26). The Morgan fingerprint density at radius 3 is 2.93 bits per heavy atom. The summed E-state index contributed by atoms with van der Waals surface area (Å²) in [6, 6.07) is 1.93. The average Bonchev–Trinajstić information content (AvgIpc) is 2.77. The van der Waals surface area contributed by atoms with Gasteiger partial charge in [-0.3, -0.25) is 4.98 Å². The summed E-state index contributed by atoms with van der Waals surface area (Å²) in [6.07, 6.45) is 13.4. The van der Waals surface area contributed by atoms with Crippen molar-refractivity contribution in [3.63, 3.8) is 0 Å². The zero-order valence-electron chi connectivity index (χ0n) is 16.8. The number of hydrogen-bond donors (Lipinski definition) is 1. The van der Waals surface area contributed by atoms with Crippen molar-refractivity contribution in [2.45, 2.75) is 38.6 Å². The molecule has 30 heavy (non-hydrogen) atoms. The summed E-state index contributed by atoms with van der Waals surface area (Å²) in [7, 11) is 0. The van der Waals surface area contributed by atoms with Crippen molar-refractivity contribution in [3.8, 4) is 5.75 Å². The van der Waals surface area contributed by atoms with E-state index in [1.54, 1.807) is 12.4 Å². The number of nitrogens with two attached hydrogens (primary N) is 1. The number of aliphatic imine (C=N–C) groups is 1. The molecule has 1 saturated heterocycles. The van der Waals surface area contributed by atoms with Crippen molar-refractivity contribution >= 4 is 21.8 Å². The highest BCUT2D eigenvalue weighted by atomic mass is 79.9. The number of ether oxygens (including phenoxy) is 4. The largest absolute Gasteiger partial charge is 0.488 e. The van der Waals surface area contributed by atoms with E-state index in [0.717, 1.165) is 48.0 Å². The maximum absolute atomic E-state index is 6.04. The maximum Gasteiger partial charge on any atom is 0.166 e. The third-order valence-corrected chi connectivity index (χ3v) is 5.63. The summed E-state index contributed by atoms with van der Waals surface area (Å²) in [6.45, 7) is 1.96. The van der Waals surface area contributed by atoms with Gasteiger partial charge >= 0.3 is 0 Å². The Morgan fingerprint density at radius 2 is 2.07 bits per heavy atom. The third-order valence-electron chi connectivity index (χ3n) is 5.04. The third kappa shape index (κ3) is 5.71. The average molecular weight is 476 g/mol. The van der Waals surface area contributed by atoms with Gasteiger partial charge in [0.1, 0.15) is 19.0 Å². The second kappa shape index (κ2) is 10.2. The summed E-state index contributed by atoms with van der Waals surface area (Å²) in [5, 5.41) is 0. The first-order valence-corrected chi connectivity index (χ1v) is 11.0. The van der Waals surface area contributed by atoms with E-state index in [9.17, 15) is 0 Å². The van der Waals surface area contributed by atoms with Gasteiger partial charge in [0.25, 0.3) is 0 Å². The van der Waals surface area contributed by atoms with Gasteiger partial charge in [-0.25, -0.2) is 4.99 Å². The van der Waals surface area contributed by atoms with Crippen LogP contribution in [0.5, 0.6) is 5.75 Å². The van der Waals surface area contributed by atoms with Gasteiger partial charge in [-0.1, -0.05) is 22.0 Å². The number of amidine groups is 1. The van der Waals surface area contributed by atoms with Gasteiger partial charge in [-0.05, 0) is 53.9 Å². The van der Waals surface area contributed by atoms with E-state index in [4.69, 9.17) is 24.7 Å². The molecule has 0 radical (unpaired) electrons. The maximum atomic E-state index is 6.04. The summed E-state index contributed by atoms with van der Waals surface area (Å²) in [4.78, 5) is 8.68. The Morgan fingerprint density at radius 1 is 1.17 bits per heavy atom. The van der Waals surface area contributed by atoms with Crippen molar-refractivity contribution in [1.82, 2.24) is 4.98 Å². The molecule has 0 aromatic carbocycles. The fraction of sp³-hybridized carbons (Fsp3) is 0.455. The van der Waals surface area contributed by atoms with Crippen molar-refractivity contribution in [1.29, 1.82) is 0 Å². The summed E-state index contributed by atoms with van der Waals surface area (Å²) < 4.78 is 24.1. The fourth-order valence-electron chi connectivity index (χ4n) is 3.50. The Balaban J connectivity index is 1.22. The van der Waals surface area contributed by atoms with Crippen LogP contribution in [0.2, 0.25) is 0 Å². The van der Waals surface area contributed by atoms with E-state index in [1.807, 2.05) is 24.3 Å². The quantitative estimate of drug-likeness (QED) is 0.572. The lowest BCUT2D eigenvalue weighted by molar-refractivity contribution is -0.169. The molecule has 3 heterocycles. The zero-order chi connectivity index (χ0) is 20.8. The van der Waals surface area contributed by atoms with Crippen LogP contribution in [0.25, 0.3) is 0 Å². The van der Waals surface area contributed by atoms with Gasteiger partial charge in [0.05, 0.1) is 18.5 Å². The van der Waals surface area contributed by atoms with E-state index in [1.165, 1.54) is 0 Å². The lowest BCUT2D eigenvalue weighted by atomic mass is 9.94. The zero-order valence-corrected chi connectivity index (χ0v) is 18.3. The van der Waals surface area contributed by atoms with E-state index in [0.29, 0.717) is 37.2 Å². The van der Waals surface area contributed by atoms with Gasteiger partial charge in [0.2, 0.25) is 0 Å². The second-order valence-corrected chi connectivity index (χ2v) is 8.40. The molecule has 4 rings (SSSR count). The minimum Gasteiger partial charge on any atom is -0.488 e. The van der Waals surface area contributed by atoms with Crippen LogP contribution in [0, 0.1) is 5.92 Å². The highest BCUT2D eigenvalue weighted by Crippen LogP contribution is 2.33. The summed E-state index contributed by atoms with van der Waals surface area (Å²) in [5.41, 5.74) is 7.95. The van der Waals surface area contributed by atoms with E-state index >= 15 is 0 Å². The van der Waals surface area contributed by atoms with Crippen LogP contribution in [0.1, 0.15) is 31.2 Å². The molecule has 1 aliphatic carbocycles. The van der Waals surface area contributed by atoms with Gasteiger partial charge < -0.3 is 24.7 Å². The van der Waals surface area contributed by atoms with Crippen LogP contribution in [0.4, 0.5) is 0 Å². The molecule has 2 aliphatic heterocycles. The summed E-state index contributed by atoms with van der Waals surface area (Å²) >= 11 is 3.54. The van der Waals surface area contributed by atoms with E-state index in [-0.39, 0.29) is 12.2 Å². The van der Waals surface area contributed by atoms with Crippen LogP contribution >= 0.6 is 15.9 Å². The second-order valence-electron chi connectivity index (χ2n) is 7.38. The molecule has 160 valence electrons. The molecule has 8 heteroatoms. The molecule has 0 bridgehead atoms. The molecule has 7 nitrogen and oxygen atoms in total. The van der Waals surface area contributed by atoms with Crippen molar-refractivity contribution in [3.05, 3.63) is 58.2 Å². The molecule has 0 spiro atoms. The molecule has 1 aromatic rings. The molecule has 0 amide bonds. The Hall–Kier alpha value is -2.16. The normalized spacial score (nSPS) is 23.5. The van der Waals surface area contributed by atoms with Crippen LogP contribution in [-0.2, 0) is 20.8 Å². The van der Waals surface area contributed by atoms with E-state index < -0.39 is 0 Å². The molecule has 2 N–H and O–H groups in total. The fourth-order valence-corrected chi connectivity index (χ4v) is 3.98. The lowest BCUT2D eigenvalue weighted by Crippen LogP contribution is -2.25. The molecule has 1 fully saturated rings. The predicted molar refractivity (Wildman–Crippen MR) is 117 cm³/mol. The smallest absolute Gasteiger partial charge is 0.166 e. The van der Waals surface area contributed by atoms with Crippen molar-refractivity contribution in [2.75, 3.05) is 19.8 Å². The number of pyridine rings is 1. The molecule has 0 saturated carbocycles. The number of dihydropyridines is 1. The number of allylic oxidation sites excluding steroid dienone is 4. The minimum atomic E-state index is -0.122. The van der Waals surface area contributed by atoms with Gasteiger partial charge in [0, 0.05) is 18.7 Å². The highest BCUT2D eigenvalue weighted by molar-refractivity contribution is 9.11. The predicted octanol–water partition coefficient (Wildman–Crippen LogP) is 3.96. The number of fused-ring (bicyclic) bond motifs is 1. The van der Waals surface area contributed by atoms with Crippen LogP contribution in [-0.4, -0.2) is 36.9 Å². The van der Waals surface area contributed by atoms with Gasteiger partial charge in [-0.2, -0.15) is 0 Å². The molecular weight excluding hydrogens is 450 g/mol. The number of rotatable bonds is 8. The molecule has 2 unspecified atom stereocenters. The molecule has 3 aliphatic rings. The molecule has 1 aromatic heterocycles. The summed E-state index contributed by atoms with van der Waals surface area (Å²) in [5.74, 6) is 1.86. The number of hydrogen-bond acceptors (Lipinski definition) is 7. The first-order valence-electron chi connectivity index (χ1n) is 10.2. The highest BCUT2D eigenvalue weighted by Gasteiger charge is 2.23. The molecular formula is C22H26BrN3O4. The number of aromatic nitrogens is 1. The van der Waals surface area contributed by atoms with Crippen LogP contribution in [0.3, 0.4) is 0 Å². The van der Waals surface area contributed by atoms with Gasteiger partial charge in [0.15, 0.2) is 17.9 Å². The van der Waals surface area contributed by atoms with Gasteiger partial charge in [-0.15, -0.1) is 0 Å². The first kappa shape index (κ1) is 21.1. The Bertz CT molecular complexity index is 875.